The molecule has 0 unspecified atom stereocenters. The highest BCUT2D eigenvalue weighted by atomic mass is 79.9. The molecule has 0 fully saturated rings. The molecule has 0 N–H and O–H groups in total. The van der Waals surface area contributed by atoms with Crippen LogP contribution in [0.15, 0.2) is 34.0 Å². The molecule has 0 aliphatic rings. The van der Waals surface area contributed by atoms with Gasteiger partial charge in [0.2, 0.25) is 0 Å². The maximum atomic E-state index is 9.77. The smallest absolute Gasteiger partial charge is 0.0721 e. The summed E-state index contributed by atoms with van der Waals surface area (Å²) in [6.45, 7) is 0. The van der Waals surface area contributed by atoms with Gasteiger partial charge in [-0.3, -0.25) is 0 Å². The Morgan fingerprint density at radius 1 is 1.50 bits per heavy atom. The van der Waals surface area contributed by atoms with E-state index in [9.17, 15) is 4.91 Å². The third kappa shape index (κ3) is 2.43. The van der Waals surface area contributed by atoms with Gasteiger partial charge in [0.15, 0.2) is 0 Å². The van der Waals surface area contributed by atoms with Crippen LogP contribution in [0.2, 0.25) is 5.02 Å². The van der Waals surface area contributed by atoms with Crippen molar-refractivity contribution in [3.63, 3.8) is 0 Å². The van der Waals surface area contributed by atoms with Crippen molar-refractivity contribution >= 4 is 33.6 Å². The second-order valence-electron chi connectivity index (χ2n) is 2.09. The van der Waals surface area contributed by atoms with Crippen molar-refractivity contribution in [3.05, 3.63) is 44.4 Å². The molecule has 0 heterocycles. The first-order chi connectivity index (χ1) is 5.74. The average Bonchev–Trinajstić information content (AvgIpc) is 2.03. The van der Waals surface area contributed by atoms with Crippen LogP contribution in [0.3, 0.4) is 0 Å². The molecule has 4 heteroatoms. The Kier molecular flexibility index (Phi) is 3.44. The molecule has 0 spiro atoms. The molecule has 2 nitrogen and oxygen atoms in total. The fourth-order valence-corrected chi connectivity index (χ4v) is 1.48. The van der Waals surface area contributed by atoms with Gasteiger partial charge in [-0.15, -0.1) is 4.91 Å². The molecule has 0 saturated carbocycles. The number of hydrogen-bond donors (Lipinski definition) is 0. The zero-order chi connectivity index (χ0) is 8.97. The molecule has 0 atom stereocenters. The molecule has 1 aromatic carbocycles. The summed E-state index contributed by atoms with van der Waals surface area (Å²) in [5.74, 6) is 0. The van der Waals surface area contributed by atoms with E-state index in [1.807, 2.05) is 6.07 Å². The average molecular weight is 246 g/mol. The first kappa shape index (κ1) is 9.42. The Hall–Kier alpha value is -0.670. The van der Waals surface area contributed by atoms with Crippen molar-refractivity contribution in [2.75, 3.05) is 0 Å². The van der Waals surface area contributed by atoms with E-state index in [0.717, 1.165) is 16.2 Å². The third-order valence-corrected chi connectivity index (χ3v) is 2.10. The lowest BCUT2D eigenvalue weighted by molar-refractivity contribution is 1.54. The number of halogens is 2. The molecule has 0 radical (unpaired) electrons. The van der Waals surface area contributed by atoms with E-state index in [1.54, 1.807) is 18.2 Å². The highest BCUT2D eigenvalue weighted by Crippen LogP contribution is 2.22. The van der Waals surface area contributed by atoms with Crippen LogP contribution in [-0.2, 0) is 0 Å². The Morgan fingerprint density at radius 3 is 2.83 bits per heavy atom. The van der Waals surface area contributed by atoms with E-state index in [-0.39, 0.29) is 0 Å². The number of benzene rings is 1. The molecule has 0 aromatic heterocycles. The monoisotopic (exact) mass is 245 g/mol. The van der Waals surface area contributed by atoms with Gasteiger partial charge < -0.3 is 0 Å². The zero-order valence-corrected chi connectivity index (χ0v) is 8.34. The maximum absolute atomic E-state index is 9.77. The van der Waals surface area contributed by atoms with Crippen LogP contribution in [0.5, 0.6) is 0 Å². The number of nitrogens with zero attached hydrogens (tertiary/aromatic N) is 1. The van der Waals surface area contributed by atoms with Crippen molar-refractivity contribution in [1.82, 2.24) is 0 Å². The van der Waals surface area contributed by atoms with Gasteiger partial charge in [-0.1, -0.05) is 33.6 Å². The summed E-state index contributed by atoms with van der Waals surface area (Å²) < 4.78 is 0.906. The van der Waals surface area contributed by atoms with Crippen molar-refractivity contribution in [3.8, 4) is 0 Å². The van der Waals surface area contributed by atoms with E-state index in [4.69, 9.17) is 11.6 Å². The SMILES string of the molecule is O=NC=Cc1ccc(Br)cc1Cl. The summed E-state index contributed by atoms with van der Waals surface area (Å²) >= 11 is 9.11. The van der Waals surface area contributed by atoms with Gasteiger partial charge in [0.05, 0.1) is 6.20 Å². The Morgan fingerprint density at radius 2 is 2.25 bits per heavy atom. The maximum Gasteiger partial charge on any atom is 0.0721 e. The van der Waals surface area contributed by atoms with Crippen LogP contribution < -0.4 is 0 Å². The largest absolute Gasteiger partial charge is 0.145 e. The molecule has 1 rings (SSSR count). The summed E-state index contributed by atoms with van der Waals surface area (Å²) in [7, 11) is 0. The molecular formula is C8H5BrClNO. The van der Waals surface area contributed by atoms with Gasteiger partial charge in [0, 0.05) is 9.50 Å². The van der Waals surface area contributed by atoms with Gasteiger partial charge >= 0.3 is 0 Å². The lowest BCUT2D eigenvalue weighted by Crippen LogP contribution is -1.73. The Balaban J connectivity index is 3.01. The molecule has 0 saturated heterocycles. The highest BCUT2D eigenvalue weighted by molar-refractivity contribution is 9.10. The lowest BCUT2D eigenvalue weighted by atomic mass is 10.2. The molecule has 0 bridgehead atoms. The Bertz CT molecular complexity index is 325. The minimum atomic E-state index is 0.587. The zero-order valence-electron chi connectivity index (χ0n) is 6.00. The second kappa shape index (κ2) is 4.38. The minimum Gasteiger partial charge on any atom is -0.145 e. The molecule has 0 aliphatic carbocycles. The number of hydrogen-bond acceptors (Lipinski definition) is 2. The summed E-state index contributed by atoms with van der Waals surface area (Å²) in [5.41, 5.74) is 0.777. The fourth-order valence-electron chi connectivity index (χ4n) is 0.747. The molecule has 0 amide bonds. The first-order valence-corrected chi connectivity index (χ1v) is 4.35. The standard InChI is InChI=1S/C8H5BrClNO/c9-7-2-1-6(3-4-11-12)8(10)5-7/h1-5H. The van der Waals surface area contributed by atoms with Crippen LogP contribution in [-0.4, -0.2) is 0 Å². The van der Waals surface area contributed by atoms with Gasteiger partial charge in [-0.2, -0.15) is 0 Å². The van der Waals surface area contributed by atoms with Crippen LogP contribution >= 0.6 is 27.5 Å². The second-order valence-corrected chi connectivity index (χ2v) is 3.41. The van der Waals surface area contributed by atoms with Gasteiger partial charge in [0.25, 0.3) is 0 Å². The van der Waals surface area contributed by atoms with E-state index < -0.39 is 0 Å². The van der Waals surface area contributed by atoms with Crippen LogP contribution in [0.25, 0.3) is 6.08 Å². The predicted octanol–water partition coefficient (Wildman–Crippen LogP) is 3.84. The lowest BCUT2D eigenvalue weighted by Gasteiger charge is -1.96. The van der Waals surface area contributed by atoms with E-state index >= 15 is 0 Å². The quantitative estimate of drug-likeness (QED) is 0.729. The topological polar surface area (TPSA) is 29.4 Å². The summed E-state index contributed by atoms with van der Waals surface area (Å²) in [6, 6.07) is 5.40. The van der Waals surface area contributed by atoms with Crippen molar-refractivity contribution in [1.29, 1.82) is 0 Å². The third-order valence-electron chi connectivity index (χ3n) is 1.28. The number of rotatable bonds is 2. The van der Waals surface area contributed by atoms with E-state index in [0.29, 0.717) is 5.02 Å². The van der Waals surface area contributed by atoms with Crippen LogP contribution in [0.1, 0.15) is 5.56 Å². The summed E-state index contributed by atoms with van der Waals surface area (Å²) in [4.78, 5) is 9.77. The molecule has 1 aromatic rings. The number of nitroso groups, excluding NO2 is 1. The van der Waals surface area contributed by atoms with Gasteiger partial charge in [-0.05, 0) is 28.9 Å². The Labute approximate surface area is 83.3 Å². The molecular weight excluding hydrogens is 241 g/mol. The van der Waals surface area contributed by atoms with E-state index in [2.05, 4.69) is 21.1 Å². The fraction of sp³-hybridized carbons (Fsp3) is 0. The van der Waals surface area contributed by atoms with Crippen LogP contribution in [0.4, 0.5) is 0 Å². The first-order valence-electron chi connectivity index (χ1n) is 3.18. The summed E-state index contributed by atoms with van der Waals surface area (Å²) in [5, 5.41) is 3.18. The molecule has 62 valence electrons. The van der Waals surface area contributed by atoms with Crippen molar-refractivity contribution in [2.24, 2.45) is 5.18 Å². The van der Waals surface area contributed by atoms with Crippen molar-refractivity contribution in [2.45, 2.75) is 0 Å². The van der Waals surface area contributed by atoms with E-state index in [1.165, 1.54) is 0 Å². The highest BCUT2D eigenvalue weighted by Gasteiger charge is 1.95. The minimum absolute atomic E-state index is 0.587. The summed E-state index contributed by atoms with van der Waals surface area (Å²) in [6.07, 6.45) is 2.72. The van der Waals surface area contributed by atoms with Gasteiger partial charge in [0.1, 0.15) is 0 Å². The van der Waals surface area contributed by atoms with Crippen LogP contribution in [0, 0.1) is 4.91 Å². The van der Waals surface area contributed by atoms with Gasteiger partial charge in [-0.25, -0.2) is 0 Å². The van der Waals surface area contributed by atoms with Crippen molar-refractivity contribution < 1.29 is 0 Å². The molecule has 12 heavy (non-hydrogen) atoms. The molecule has 0 aliphatic heterocycles. The normalized spacial score (nSPS) is 10.5. The predicted molar refractivity (Wildman–Crippen MR) is 54.0 cm³/mol.